The molecule has 3 atom stereocenters. The predicted octanol–water partition coefficient (Wildman–Crippen LogP) is 4.34. The van der Waals surface area contributed by atoms with Crippen LogP contribution in [-0.2, 0) is 9.53 Å². The third-order valence-corrected chi connectivity index (χ3v) is 6.97. The lowest BCUT2D eigenvalue weighted by Gasteiger charge is -2.23. The highest BCUT2D eigenvalue weighted by molar-refractivity contribution is 6.39. The van der Waals surface area contributed by atoms with E-state index < -0.39 is 30.8 Å². The van der Waals surface area contributed by atoms with Gasteiger partial charge in [0.1, 0.15) is 11.5 Å². The van der Waals surface area contributed by atoms with E-state index in [1.54, 1.807) is 6.92 Å². The number of aromatic nitrogens is 2. The van der Waals surface area contributed by atoms with Gasteiger partial charge in [0.05, 0.1) is 67.8 Å². The third kappa shape index (κ3) is 8.15. The number of halogens is 5. The van der Waals surface area contributed by atoms with Gasteiger partial charge in [0.2, 0.25) is 11.9 Å². The first-order chi connectivity index (χ1) is 19.4. The zero-order chi connectivity index (χ0) is 30.3. The van der Waals surface area contributed by atoms with Crippen LogP contribution in [0.25, 0.3) is 11.8 Å². The van der Waals surface area contributed by atoms with E-state index >= 15 is 0 Å². The fraction of sp³-hybridized carbons (Fsp3) is 0.423. The number of alkyl halides is 3. The number of nitrogens with zero attached hydrogens (tertiary/aromatic N) is 2. The lowest BCUT2D eigenvalue weighted by atomic mass is 10.0. The summed E-state index contributed by atoms with van der Waals surface area (Å²) >= 11 is 13.0. The van der Waals surface area contributed by atoms with Crippen molar-refractivity contribution in [1.29, 1.82) is 0 Å². The Labute approximate surface area is 245 Å². The van der Waals surface area contributed by atoms with E-state index in [2.05, 4.69) is 32.5 Å². The van der Waals surface area contributed by atoms with Gasteiger partial charge in [-0.15, -0.1) is 0 Å². The van der Waals surface area contributed by atoms with Gasteiger partial charge >= 0.3 is 6.18 Å². The van der Waals surface area contributed by atoms with Gasteiger partial charge in [0.15, 0.2) is 0 Å². The zero-order valence-electron chi connectivity index (χ0n) is 22.6. The molecule has 10 nitrogen and oxygen atoms in total. The van der Waals surface area contributed by atoms with Crippen LogP contribution in [0.2, 0.25) is 10.0 Å². The molecule has 1 saturated heterocycles. The fourth-order valence-electron chi connectivity index (χ4n) is 4.16. The van der Waals surface area contributed by atoms with Gasteiger partial charge in [-0.05, 0) is 18.6 Å². The van der Waals surface area contributed by atoms with Crippen molar-refractivity contribution in [2.45, 2.75) is 37.6 Å². The lowest BCUT2D eigenvalue weighted by molar-refractivity contribution is -0.126. The summed E-state index contributed by atoms with van der Waals surface area (Å²) in [5.41, 5.74) is 7.27. The van der Waals surface area contributed by atoms with E-state index in [1.807, 2.05) is 0 Å². The Morgan fingerprint density at radius 2 is 1.88 bits per heavy atom. The van der Waals surface area contributed by atoms with Crippen LogP contribution in [0.5, 0.6) is 11.5 Å². The van der Waals surface area contributed by atoms with E-state index in [-0.39, 0.29) is 70.0 Å². The van der Waals surface area contributed by atoms with E-state index in [9.17, 15) is 18.0 Å². The topological polar surface area (TPSA) is 133 Å². The van der Waals surface area contributed by atoms with E-state index in [1.165, 1.54) is 32.6 Å². The minimum Gasteiger partial charge on any atom is -0.495 e. The van der Waals surface area contributed by atoms with Crippen LogP contribution in [0.3, 0.4) is 0 Å². The molecule has 1 aliphatic heterocycles. The number of carbonyl (C=O) groups excluding carboxylic acids is 1. The smallest absolute Gasteiger partial charge is 0.401 e. The summed E-state index contributed by atoms with van der Waals surface area (Å²) in [4.78, 5) is 20.7. The van der Waals surface area contributed by atoms with E-state index in [4.69, 9.17) is 43.1 Å². The van der Waals surface area contributed by atoms with Crippen LogP contribution < -0.4 is 31.2 Å². The van der Waals surface area contributed by atoms with Crippen molar-refractivity contribution in [3.63, 3.8) is 0 Å². The molecule has 3 rings (SSSR count). The number of benzene rings is 1. The van der Waals surface area contributed by atoms with Crippen molar-refractivity contribution < 1.29 is 32.2 Å². The van der Waals surface area contributed by atoms with Crippen LogP contribution in [0, 0.1) is 0 Å². The van der Waals surface area contributed by atoms with Gasteiger partial charge in [-0.3, -0.25) is 4.79 Å². The summed E-state index contributed by atoms with van der Waals surface area (Å²) in [6.45, 7) is 4.40. The van der Waals surface area contributed by atoms with Crippen molar-refractivity contribution in [2.75, 3.05) is 39.3 Å². The minimum atomic E-state index is -4.45. The van der Waals surface area contributed by atoms with E-state index in [0.717, 1.165) is 6.08 Å². The molecule has 3 unspecified atom stereocenters. The number of hydrogen-bond donors (Lipinski definition) is 4. The first-order valence-electron chi connectivity index (χ1n) is 12.4. The molecule has 0 spiro atoms. The van der Waals surface area contributed by atoms with Crippen molar-refractivity contribution in [2.24, 2.45) is 5.73 Å². The second kappa shape index (κ2) is 14.1. The lowest BCUT2D eigenvalue weighted by Crippen LogP contribution is -2.45. The first kappa shape index (κ1) is 32.3. The molecule has 1 aromatic heterocycles. The molecule has 2 heterocycles. The summed E-state index contributed by atoms with van der Waals surface area (Å²) in [5, 5.41) is 8.59. The van der Waals surface area contributed by atoms with Crippen LogP contribution in [-0.4, -0.2) is 68.1 Å². The molecule has 15 heteroatoms. The molecular weight excluding hydrogens is 588 g/mol. The summed E-state index contributed by atoms with van der Waals surface area (Å²) in [6, 6.07) is -0.132. The summed E-state index contributed by atoms with van der Waals surface area (Å²) in [5.74, 6) is 0.255. The van der Waals surface area contributed by atoms with Crippen molar-refractivity contribution in [3.8, 4) is 11.5 Å². The van der Waals surface area contributed by atoms with Gasteiger partial charge in [0.25, 0.3) is 0 Å². The van der Waals surface area contributed by atoms with Gasteiger partial charge < -0.3 is 35.9 Å². The predicted molar refractivity (Wildman–Crippen MR) is 151 cm³/mol. The highest BCUT2D eigenvalue weighted by Gasteiger charge is 2.31. The summed E-state index contributed by atoms with van der Waals surface area (Å²) in [7, 11) is 2.83. The molecule has 0 saturated carbocycles. The molecule has 0 radical (unpaired) electrons. The number of methoxy groups -OCH3 is 2. The molecule has 1 fully saturated rings. The van der Waals surface area contributed by atoms with Crippen LogP contribution in [0.4, 0.5) is 19.1 Å². The monoisotopic (exact) mass is 618 g/mol. The highest BCUT2D eigenvalue weighted by Crippen LogP contribution is 2.43. The normalized spacial score (nSPS) is 18.1. The number of rotatable bonds is 12. The molecule has 0 bridgehead atoms. The van der Waals surface area contributed by atoms with Gasteiger partial charge in [0, 0.05) is 29.1 Å². The second-order valence-corrected chi connectivity index (χ2v) is 9.74. The maximum atomic E-state index is 13.1. The Kier molecular flexibility index (Phi) is 11.1. The van der Waals surface area contributed by atoms with E-state index in [0.29, 0.717) is 5.56 Å². The number of anilines is 1. The highest BCUT2D eigenvalue weighted by atomic mass is 35.5. The largest absolute Gasteiger partial charge is 0.495 e. The Bertz CT molecular complexity index is 1270. The van der Waals surface area contributed by atoms with Gasteiger partial charge in [-0.25, -0.2) is 9.97 Å². The van der Waals surface area contributed by atoms with Crippen molar-refractivity contribution >= 4 is 46.8 Å². The molecule has 2 aromatic rings. The zero-order valence-corrected chi connectivity index (χ0v) is 24.1. The third-order valence-electron chi connectivity index (χ3n) is 6.22. The van der Waals surface area contributed by atoms with Gasteiger partial charge in [-0.1, -0.05) is 36.7 Å². The van der Waals surface area contributed by atoms with Crippen LogP contribution in [0.1, 0.15) is 36.2 Å². The Morgan fingerprint density at radius 3 is 2.44 bits per heavy atom. The SMILES string of the molecule is C=CC(=O)NC1COCC1Nc1ncc(/C=C(\N)c2c(Cl)c(OC)cc(OC)c2Cl)c(C(CC)NCC(F)(F)F)n1. The summed E-state index contributed by atoms with van der Waals surface area (Å²) < 4.78 is 55.4. The standard InChI is InChI=1S/C26H31Cl2F3N6O4/c1-5-15(34-12-26(29,30)31)24-13(7-14(32)21-22(27)18(39-3)8-19(40-4)23(21)28)9-33-25(37-24)36-17-11-41-10-16(17)35-20(38)6-2/h6-9,15-17,34H,2,5,10-12,32H2,1,3-4H3,(H,35,38)(H,33,36,37)/b14-7-. The molecule has 41 heavy (non-hydrogen) atoms. The second-order valence-electron chi connectivity index (χ2n) is 8.98. The molecule has 1 amide bonds. The Hall–Kier alpha value is -3.26. The minimum absolute atomic E-state index is 0.0739. The fourth-order valence-corrected chi connectivity index (χ4v) is 4.88. The Balaban J connectivity index is 2.06. The number of nitrogens with one attached hydrogen (secondary N) is 3. The molecule has 5 N–H and O–H groups in total. The number of ether oxygens (including phenoxy) is 3. The number of carbonyl (C=O) groups is 1. The quantitative estimate of drug-likeness (QED) is 0.256. The average molecular weight is 619 g/mol. The summed E-state index contributed by atoms with van der Waals surface area (Å²) in [6.07, 6.45) is -0.167. The molecule has 1 aliphatic rings. The molecule has 1 aromatic carbocycles. The van der Waals surface area contributed by atoms with Gasteiger partial charge in [-0.2, -0.15) is 13.2 Å². The van der Waals surface area contributed by atoms with Crippen molar-refractivity contribution in [1.82, 2.24) is 20.6 Å². The van der Waals surface area contributed by atoms with Crippen LogP contribution >= 0.6 is 23.2 Å². The molecule has 224 valence electrons. The first-order valence-corrected chi connectivity index (χ1v) is 13.2. The molecule has 0 aliphatic carbocycles. The number of nitrogens with two attached hydrogens (primary N) is 1. The average Bonchev–Trinajstić information content (AvgIpc) is 3.35. The molecular formula is C26H31Cl2F3N6O4. The Morgan fingerprint density at radius 1 is 1.24 bits per heavy atom. The number of hydrogen-bond acceptors (Lipinski definition) is 9. The maximum Gasteiger partial charge on any atom is 0.401 e. The van der Waals surface area contributed by atoms with Crippen LogP contribution in [0.15, 0.2) is 24.9 Å². The maximum absolute atomic E-state index is 13.1. The number of amides is 1. The van der Waals surface area contributed by atoms with Crippen molar-refractivity contribution in [3.05, 3.63) is 51.8 Å².